The number of carbonyl (C=O) groups excluding carboxylic acids is 1. The molecule has 0 bridgehead atoms. The molecule has 0 aliphatic heterocycles. The lowest BCUT2D eigenvalue weighted by atomic mass is 10.1. The van der Waals surface area contributed by atoms with Crippen LogP contribution in [0.15, 0.2) is 71.9 Å². The molecule has 0 atom stereocenters. The lowest BCUT2D eigenvalue weighted by molar-refractivity contribution is -0.113. The summed E-state index contributed by atoms with van der Waals surface area (Å²) in [6.45, 7) is 2.03. The number of halogens is 2. The number of aryl methyl sites for hydroxylation is 1. The molecule has 3 aromatic carbocycles. The van der Waals surface area contributed by atoms with E-state index in [1.165, 1.54) is 18.9 Å². The molecule has 0 fully saturated rings. The van der Waals surface area contributed by atoms with Crippen molar-refractivity contribution in [3.05, 3.63) is 82.3 Å². The van der Waals surface area contributed by atoms with Gasteiger partial charge in [0, 0.05) is 22.0 Å². The minimum atomic E-state index is -0.191. The van der Waals surface area contributed by atoms with Gasteiger partial charge < -0.3 is 10.1 Å². The van der Waals surface area contributed by atoms with E-state index < -0.39 is 0 Å². The van der Waals surface area contributed by atoms with Gasteiger partial charge in [-0.1, -0.05) is 64.8 Å². The van der Waals surface area contributed by atoms with E-state index in [1.54, 1.807) is 18.2 Å². The molecule has 168 valence electrons. The number of methoxy groups -OCH3 is 1. The average Bonchev–Trinajstić information content (AvgIpc) is 3.23. The fourth-order valence-corrected chi connectivity index (χ4v) is 4.28. The van der Waals surface area contributed by atoms with Crippen LogP contribution in [-0.2, 0) is 4.79 Å². The highest BCUT2D eigenvalue weighted by Crippen LogP contribution is 2.30. The monoisotopic (exact) mass is 498 g/mol. The number of amides is 1. The first-order valence-corrected chi connectivity index (χ1v) is 11.7. The summed E-state index contributed by atoms with van der Waals surface area (Å²) in [5, 5.41) is 13.3. The summed E-state index contributed by atoms with van der Waals surface area (Å²) < 4.78 is 7.06. The summed E-state index contributed by atoms with van der Waals surface area (Å²) in [7, 11) is 1.54. The third kappa shape index (κ3) is 5.50. The van der Waals surface area contributed by atoms with Crippen LogP contribution in [0, 0.1) is 6.92 Å². The number of hydrogen-bond acceptors (Lipinski definition) is 5. The summed E-state index contributed by atoms with van der Waals surface area (Å²) in [6.07, 6.45) is 0. The van der Waals surface area contributed by atoms with Gasteiger partial charge in [0.2, 0.25) is 5.91 Å². The maximum absolute atomic E-state index is 12.6. The zero-order valence-electron chi connectivity index (χ0n) is 17.9. The number of thioether (sulfide) groups is 1. The van der Waals surface area contributed by atoms with Gasteiger partial charge in [-0.25, -0.2) is 0 Å². The second-order valence-electron chi connectivity index (χ2n) is 7.17. The van der Waals surface area contributed by atoms with E-state index >= 15 is 0 Å². The predicted octanol–water partition coefficient (Wildman–Crippen LogP) is 6.29. The van der Waals surface area contributed by atoms with Gasteiger partial charge in [-0.15, -0.1) is 10.2 Å². The molecule has 0 unspecified atom stereocenters. The molecule has 1 heterocycles. The van der Waals surface area contributed by atoms with Crippen molar-refractivity contribution in [2.45, 2.75) is 12.1 Å². The van der Waals surface area contributed by atoms with Crippen molar-refractivity contribution in [2.24, 2.45) is 0 Å². The molecule has 0 spiro atoms. The van der Waals surface area contributed by atoms with Crippen LogP contribution in [0.3, 0.4) is 0 Å². The van der Waals surface area contributed by atoms with Crippen molar-refractivity contribution >= 4 is 46.6 Å². The Bertz CT molecular complexity index is 1270. The first-order valence-electron chi connectivity index (χ1n) is 9.99. The zero-order valence-corrected chi connectivity index (χ0v) is 20.2. The van der Waals surface area contributed by atoms with Crippen LogP contribution in [0.4, 0.5) is 5.69 Å². The molecule has 4 aromatic rings. The van der Waals surface area contributed by atoms with E-state index in [4.69, 9.17) is 27.9 Å². The largest absolute Gasteiger partial charge is 0.495 e. The molecular formula is C24H20Cl2N4O2S. The second-order valence-corrected chi connectivity index (χ2v) is 8.96. The van der Waals surface area contributed by atoms with Gasteiger partial charge in [-0.3, -0.25) is 9.36 Å². The summed E-state index contributed by atoms with van der Waals surface area (Å²) in [6, 6.07) is 20.5. The number of aromatic nitrogens is 3. The predicted molar refractivity (Wildman–Crippen MR) is 134 cm³/mol. The van der Waals surface area contributed by atoms with E-state index in [1.807, 2.05) is 60.0 Å². The van der Waals surface area contributed by atoms with Gasteiger partial charge in [-0.2, -0.15) is 0 Å². The van der Waals surface area contributed by atoms with Crippen LogP contribution >= 0.6 is 35.0 Å². The molecule has 9 heteroatoms. The molecule has 1 amide bonds. The lowest BCUT2D eigenvalue weighted by Crippen LogP contribution is -2.14. The van der Waals surface area contributed by atoms with E-state index in [-0.39, 0.29) is 11.7 Å². The second kappa shape index (κ2) is 10.3. The van der Waals surface area contributed by atoms with E-state index in [2.05, 4.69) is 15.5 Å². The van der Waals surface area contributed by atoms with E-state index in [9.17, 15) is 4.79 Å². The summed E-state index contributed by atoms with van der Waals surface area (Å²) in [4.78, 5) is 12.6. The van der Waals surface area contributed by atoms with E-state index in [0.717, 1.165) is 16.8 Å². The number of hydrogen-bond donors (Lipinski definition) is 1. The Hall–Kier alpha value is -3.00. The zero-order chi connectivity index (χ0) is 23.4. The van der Waals surface area contributed by atoms with Crippen molar-refractivity contribution in [1.82, 2.24) is 14.8 Å². The average molecular weight is 499 g/mol. The van der Waals surface area contributed by atoms with Crippen LogP contribution in [0.2, 0.25) is 10.0 Å². The normalized spacial score (nSPS) is 10.8. The summed E-state index contributed by atoms with van der Waals surface area (Å²) in [5.74, 6) is 1.18. The SMILES string of the molecule is COc1ccc(NC(=O)CSc2nnc(-c3ccc(C)cc3)n2-c2ccc(Cl)cc2)cc1Cl. The maximum Gasteiger partial charge on any atom is 0.234 e. The molecule has 0 saturated carbocycles. The highest BCUT2D eigenvalue weighted by atomic mass is 35.5. The number of carbonyl (C=O) groups is 1. The number of anilines is 1. The third-order valence-electron chi connectivity index (χ3n) is 4.80. The Morgan fingerprint density at radius 1 is 1.03 bits per heavy atom. The van der Waals surface area contributed by atoms with Gasteiger partial charge >= 0.3 is 0 Å². The molecule has 0 aliphatic carbocycles. The van der Waals surface area contributed by atoms with Crippen molar-refractivity contribution in [2.75, 3.05) is 18.2 Å². The minimum Gasteiger partial charge on any atom is -0.495 e. The highest BCUT2D eigenvalue weighted by molar-refractivity contribution is 7.99. The molecule has 1 aromatic heterocycles. The lowest BCUT2D eigenvalue weighted by Gasteiger charge is -2.11. The fourth-order valence-electron chi connectivity index (χ4n) is 3.15. The number of nitrogens with one attached hydrogen (secondary N) is 1. The quantitative estimate of drug-likeness (QED) is 0.303. The van der Waals surface area contributed by atoms with Crippen LogP contribution in [0.5, 0.6) is 5.75 Å². The molecule has 1 N–H and O–H groups in total. The van der Waals surface area contributed by atoms with Gasteiger partial charge in [-0.05, 0) is 49.4 Å². The number of rotatable bonds is 7. The van der Waals surface area contributed by atoms with Crippen LogP contribution < -0.4 is 10.1 Å². The molecule has 4 rings (SSSR count). The van der Waals surface area contributed by atoms with Crippen LogP contribution in [0.25, 0.3) is 17.1 Å². The number of ether oxygens (including phenoxy) is 1. The summed E-state index contributed by atoms with van der Waals surface area (Å²) in [5.41, 5.74) is 3.52. The van der Waals surface area contributed by atoms with E-state index in [0.29, 0.717) is 32.5 Å². The minimum absolute atomic E-state index is 0.142. The first kappa shape index (κ1) is 23.2. The van der Waals surface area contributed by atoms with Gasteiger partial charge in [0.15, 0.2) is 11.0 Å². The Morgan fingerprint density at radius 3 is 2.42 bits per heavy atom. The Morgan fingerprint density at radius 2 is 1.76 bits per heavy atom. The molecule has 0 saturated heterocycles. The standard InChI is InChI=1S/C24H20Cl2N4O2S/c1-15-3-5-16(6-4-15)23-28-29-24(30(23)19-10-7-17(25)8-11-19)33-14-22(31)27-18-9-12-21(32-2)20(26)13-18/h3-13H,14H2,1-2H3,(H,27,31). The topological polar surface area (TPSA) is 69.0 Å². The Balaban J connectivity index is 1.57. The van der Waals surface area contributed by atoms with Crippen LogP contribution in [-0.4, -0.2) is 33.5 Å². The Labute approximate surface area is 205 Å². The smallest absolute Gasteiger partial charge is 0.234 e. The molecule has 33 heavy (non-hydrogen) atoms. The molecular weight excluding hydrogens is 479 g/mol. The number of nitrogens with zero attached hydrogens (tertiary/aromatic N) is 3. The van der Waals surface area contributed by atoms with Gasteiger partial charge in [0.1, 0.15) is 5.75 Å². The molecule has 0 radical (unpaired) electrons. The first-order chi connectivity index (χ1) is 15.9. The van der Waals surface area contributed by atoms with Crippen molar-refractivity contribution in [3.63, 3.8) is 0 Å². The molecule has 0 aliphatic rings. The van der Waals surface area contributed by atoms with Gasteiger partial charge in [0.05, 0.1) is 17.9 Å². The van der Waals surface area contributed by atoms with Crippen molar-refractivity contribution in [3.8, 4) is 22.8 Å². The van der Waals surface area contributed by atoms with Crippen LogP contribution in [0.1, 0.15) is 5.56 Å². The fraction of sp³-hybridized carbons (Fsp3) is 0.125. The van der Waals surface area contributed by atoms with Crippen molar-refractivity contribution < 1.29 is 9.53 Å². The molecule has 6 nitrogen and oxygen atoms in total. The summed E-state index contributed by atoms with van der Waals surface area (Å²) >= 11 is 13.5. The van der Waals surface area contributed by atoms with Gasteiger partial charge in [0.25, 0.3) is 0 Å². The highest BCUT2D eigenvalue weighted by Gasteiger charge is 2.17. The Kier molecular flexibility index (Phi) is 7.23. The van der Waals surface area contributed by atoms with Crippen molar-refractivity contribution in [1.29, 1.82) is 0 Å². The maximum atomic E-state index is 12.6. The number of benzene rings is 3. The third-order valence-corrected chi connectivity index (χ3v) is 6.27.